The van der Waals surface area contributed by atoms with Crippen LogP contribution < -0.4 is 5.32 Å². The monoisotopic (exact) mass is 259 g/mol. The van der Waals surface area contributed by atoms with Crippen molar-refractivity contribution in [2.75, 3.05) is 6.54 Å². The summed E-state index contributed by atoms with van der Waals surface area (Å²) in [6, 6.07) is 10.6. The van der Waals surface area contributed by atoms with E-state index in [1.165, 1.54) is 24.8 Å². The lowest BCUT2D eigenvalue weighted by molar-refractivity contribution is -0.125. The molecular formula is C17H25NO. The average molecular weight is 259 g/mol. The Balaban J connectivity index is 1.95. The molecule has 0 bridgehead atoms. The van der Waals surface area contributed by atoms with Crippen LogP contribution in [0.15, 0.2) is 30.3 Å². The minimum atomic E-state index is 0.137. The third kappa shape index (κ3) is 3.17. The second-order valence-electron chi connectivity index (χ2n) is 5.91. The van der Waals surface area contributed by atoms with E-state index in [1.807, 2.05) is 6.92 Å². The third-order valence-corrected chi connectivity index (χ3v) is 4.47. The molecule has 1 aliphatic rings. The molecule has 104 valence electrons. The molecule has 19 heavy (non-hydrogen) atoms. The van der Waals surface area contributed by atoms with Crippen LogP contribution >= 0.6 is 0 Å². The molecule has 0 aromatic heterocycles. The van der Waals surface area contributed by atoms with Gasteiger partial charge in [-0.15, -0.1) is 0 Å². The van der Waals surface area contributed by atoms with Gasteiger partial charge in [0.15, 0.2) is 0 Å². The van der Waals surface area contributed by atoms with Gasteiger partial charge in [-0.1, -0.05) is 57.0 Å². The van der Waals surface area contributed by atoms with Crippen LogP contribution in [-0.4, -0.2) is 12.5 Å². The van der Waals surface area contributed by atoms with E-state index in [1.54, 1.807) is 0 Å². The molecule has 1 amide bonds. The van der Waals surface area contributed by atoms with Gasteiger partial charge in [0.1, 0.15) is 0 Å². The van der Waals surface area contributed by atoms with E-state index >= 15 is 0 Å². The molecule has 0 radical (unpaired) electrons. The first-order valence-electron chi connectivity index (χ1n) is 7.51. The first kappa shape index (κ1) is 14.1. The van der Waals surface area contributed by atoms with E-state index in [9.17, 15) is 4.79 Å². The Morgan fingerprint density at radius 3 is 2.53 bits per heavy atom. The quantitative estimate of drug-likeness (QED) is 0.830. The van der Waals surface area contributed by atoms with Crippen molar-refractivity contribution in [1.82, 2.24) is 5.32 Å². The van der Waals surface area contributed by atoms with Gasteiger partial charge < -0.3 is 5.32 Å². The summed E-state index contributed by atoms with van der Waals surface area (Å²) >= 11 is 0. The van der Waals surface area contributed by atoms with E-state index < -0.39 is 0 Å². The zero-order chi connectivity index (χ0) is 13.7. The van der Waals surface area contributed by atoms with Crippen molar-refractivity contribution in [3.63, 3.8) is 0 Å². The maximum atomic E-state index is 12.0. The highest BCUT2D eigenvalue weighted by Crippen LogP contribution is 2.43. The summed E-state index contributed by atoms with van der Waals surface area (Å²) in [6.07, 6.45) is 5.71. The number of nitrogens with one attached hydrogen (secondary N) is 1. The Bertz CT molecular complexity index is 409. The number of benzene rings is 1. The summed E-state index contributed by atoms with van der Waals surface area (Å²) in [6.45, 7) is 4.94. The van der Waals surface area contributed by atoms with Gasteiger partial charge in [-0.25, -0.2) is 0 Å². The second-order valence-corrected chi connectivity index (χ2v) is 5.91. The molecule has 2 rings (SSSR count). The summed E-state index contributed by atoms with van der Waals surface area (Å²) in [5.74, 6) is 0.349. The van der Waals surface area contributed by atoms with Crippen molar-refractivity contribution in [2.45, 2.75) is 51.4 Å². The largest absolute Gasteiger partial charge is 0.355 e. The highest BCUT2D eigenvalue weighted by Gasteiger charge is 2.38. The molecule has 0 spiro atoms. The summed E-state index contributed by atoms with van der Waals surface area (Å²) in [5, 5.41) is 3.17. The van der Waals surface area contributed by atoms with Gasteiger partial charge in [0.25, 0.3) is 0 Å². The topological polar surface area (TPSA) is 29.1 Å². The summed E-state index contributed by atoms with van der Waals surface area (Å²) < 4.78 is 0. The van der Waals surface area contributed by atoms with Gasteiger partial charge in [0, 0.05) is 17.9 Å². The van der Waals surface area contributed by atoms with Crippen molar-refractivity contribution in [2.24, 2.45) is 5.92 Å². The van der Waals surface area contributed by atoms with E-state index in [-0.39, 0.29) is 17.2 Å². The Morgan fingerprint density at radius 1 is 1.32 bits per heavy atom. The molecule has 2 nitrogen and oxygen atoms in total. The fourth-order valence-electron chi connectivity index (χ4n) is 2.96. The normalized spacial score (nSPS) is 18.4. The highest BCUT2D eigenvalue weighted by atomic mass is 16.1. The molecule has 1 atom stereocenters. The molecule has 0 saturated heterocycles. The van der Waals surface area contributed by atoms with E-state index in [0.717, 1.165) is 19.4 Å². The van der Waals surface area contributed by atoms with Gasteiger partial charge in [0.2, 0.25) is 5.91 Å². The number of amides is 1. The van der Waals surface area contributed by atoms with Crippen molar-refractivity contribution in [3.8, 4) is 0 Å². The SMILES string of the molecule is CCCC(C)C(=O)NCC1(c2ccccc2)CCC1. The lowest BCUT2D eigenvalue weighted by Crippen LogP contribution is -2.46. The maximum Gasteiger partial charge on any atom is 0.222 e. The molecule has 1 N–H and O–H groups in total. The van der Waals surface area contributed by atoms with Gasteiger partial charge in [-0.05, 0) is 24.8 Å². The van der Waals surface area contributed by atoms with Crippen LogP contribution in [-0.2, 0) is 10.2 Å². The zero-order valence-corrected chi connectivity index (χ0v) is 12.1. The molecular weight excluding hydrogens is 234 g/mol. The average Bonchev–Trinajstić information content (AvgIpc) is 2.39. The standard InChI is InChI=1S/C17H25NO/c1-3-8-14(2)16(19)18-13-17(11-7-12-17)15-9-5-4-6-10-15/h4-6,9-10,14H,3,7-8,11-13H2,1-2H3,(H,18,19). The fourth-order valence-corrected chi connectivity index (χ4v) is 2.96. The van der Waals surface area contributed by atoms with Crippen molar-refractivity contribution >= 4 is 5.91 Å². The van der Waals surface area contributed by atoms with E-state index in [2.05, 4.69) is 42.6 Å². The first-order chi connectivity index (χ1) is 9.18. The molecule has 1 fully saturated rings. The summed E-state index contributed by atoms with van der Waals surface area (Å²) in [5.41, 5.74) is 1.58. The van der Waals surface area contributed by atoms with Crippen LogP contribution in [0.4, 0.5) is 0 Å². The van der Waals surface area contributed by atoms with Crippen LogP contribution in [0.5, 0.6) is 0 Å². The van der Waals surface area contributed by atoms with Crippen LogP contribution in [0.25, 0.3) is 0 Å². The molecule has 1 aromatic carbocycles. The van der Waals surface area contributed by atoms with E-state index in [0.29, 0.717) is 0 Å². The predicted molar refractivity (Wildman–Crippen MR) is 79.1 cm³/mol. The highest BCUT2D eigenvalue weighted by molar-refractivity contribution is 5.78. The lowest BCUT2D eigenvalue weighted by atomic mass is 9.64. The van der Waals surface area contributed by atoms with Gasteiger partial charge in [0.05, 0.1) is 0 Å². The first-order valence-corrected chi connectivity index (χ1v) is 7.51. The molecule has 2 heteroatoms. The zero-order valence-electron chi connectivity index (χ0n) is 12.1. The number of hydrogen-bond acceptors (Lipinski definition) is 1. The molecule has 1 aliphatic carbocycles. The predicted octanol–water partition coefficient (Wildman–Crippen LogP) is 3.66. The van der Waals surface area contributed by atoms with Crippen LogP contribution in [0.1, 0.15) is 51.5 Å². The molecule has 1 aromatic rings. The number of hydrogen-bond donors (Lipinski definition) is 1. The number of carbonyl (C=O) groups excluding carboxylic acids is 1. The molecule has 1 unspecified atom stereocenters. The van der Waals surface area contributed by atoms with Crippen molar-refractivity contribution in [3.05, 3.63) is 35.9 Å². The fraction of sp³-hybridized carbons (Fsp3) is 0.588. The van der Waals surface area contributed by atoms with Gasteiger partial charge >= 0.3 is 0 Å². The third-order valence-electron chi connectivity index (χ3n) is 4.47. The summed E-state index contributed by atoms with van der Waals surface area (Å²) in [4.78, 5) is 12.0. The molecule has 0 aliphatic heterocycles. The van der Waals surface area contributed by atoms with Crippen LogP contribution in [0.2, 0.25) is 0 Å². The van der Waals surface area contributed by atoms with Gasteiger partial charge in [-0.3, -0.25) is 4.79 Å². The maximum absolute atomic E-state index is 12.0. The minimum absolute atomic E-state index is 0.137. The Hall–Kier alpha value is -1.31. The Labute approximate surface area is 116 Å². The van der Waals surface area contributed by atoms with E-state index in [4.69, 9.17) is 0 Å². The van der Waals surface area contributed by atoms with Crippen LogP contribution in [0, 0.1) is 5.92 Å². The molecule has 0 heterocycles. The summed E-state index contributed by atoms with van der Waals surface area (Å²) in [7, 11) is 0. The Morgan fingerprint density at radius 2 is 2.00 bits per heavy atom. The van der Waals surface area contributed by atoms with Crippen molar-refractivity contribution < 1.29 is 4.79 Å². The van der Waals surface area contributed by atoms with Crippen molar-refractivity contribution in [1.29, 1.82) is 0 Å². The smallest absolute Gasteiger partial charge is 0.222 e. The second kappa shape index (κ2) is 6.23. The minimum Gasteiger partial charge on any atom is -0.355 e. The van der Waals surface area contributed by atoms with Gasteiger partial charge in [-0.2, -0.15) is 0 Å². The number of carbonyl (C=O) groups is 1. The number of rotatable bonds is 6. The van der Waals surface area contributed by atoms with Crippen LogP contribution in [0.3, 0.4) is 0 Å². The Kier molecular flexibility index (Phi) is 4.62. The lowest BCUT2D eigenvalue weighted by Gasteiger charge is -2.42. The molecule has 1 saturated carbocycles.